The molecule has 0 aromatic heterocycles. The molecule has 3 atom stereocenters. The van der Waals surface area contributed by atoms with Crippen molar-refractivity contribution in [1.29, 1.82) is 0 Å². The number of nitrogens with zero attached hydrogens (tertiary/aromatic N) is 1. The van der Waals surface area contributed by atoms with Crippen LogP contribution in [0.15, 0.2) is 18.2 Å². The molecule has 0 saturated carbocycles. The number of likely N-dealkylation sites (N-methyl/N-ethyl adjacent to an activating group) is 1. The summed E-state index contributed by atoms with van der Waals surface area (Å²) < 4.78 is 0. The Morgan fingerprint density at radius 1 is 1.41 bits per heavy atom. The average molecular weight is 231 g/mol. The van der Waals surface area contributed by atoms with Gasteiger partial charge in [0.2, 0.25) is 0 Å². The van der Waals surface area contributed by atoms with Crippen LogP contribution < -0.4 is 0 Å². The minimum absolute atomic E-state index is 0.0449. The molecule has 1 aromatic carbocycles. The van der Waals surface area contributed by atoms with Gasteiger partial charge in [-0.3, -0.25) is 0 Å². The minimum Gasteiger partial charge on any atom is -0.391 e. The van der Waals surface area contributed by atoms with Crippen LogP contribution in [0.2, 0.25) is 0 Å². The number of hydrogen-bond donors (Lipinski definition) is 1. The predicted molar refractivity (Wildman–Crippen MR) is 69.3 cm³/mol. The zero-order chi connectivity index (χ0) is 12.2. The van der Waals surface area contributed by atoms with Crippen molar-refractivity contribution in [2.75, 3.05) is 13.6 Å². The van der Waals surface area contributed by atoms with Crippen molar-refractivity contribution in [1.82, 2.24) is 4.90 Å². The molecule has 3 rings (SSSR count). The minimum atomic E-state index is -0.226. The van der Waals surface area contributed by atoms with Crippen molar-refractivity contribution in [2.24, 2.45) is 0 Å². The monoisotopic (exact) mass is 231 g/mol. The van der Waals surface area contributed by atoms with E-state index in [1.54, 1.807) is 0 Å². The van der Waals surface area contributed by atoms with E-state index >= 15 is 0 Å². The molecule has 1 N–H and O–H groups in total. The Balaban J connectivity index is 2.16. The summed E-state index contributed by atoms with van der Waals surface area (Å²) in [6.45, 7) is 5.46. The van der Waals surface area contributed by atoms with E-state index in [1.807, 2.05) is 0 Å². The fourth-order valence-electron chi connectivity index (χ4n) is 3.57. The summed E-state index contributed by atoms with van der Waals surface area (Å²) in [5.41, 5.74) is 4.07. The largest absolute Gasteiger partial charge is 0.391 e. The molecule has 1 aliphatic heterocycles. The van der Waals surface area contributed by atoms with E-state index in [1.165, 1.54) is 16.7 Å². The van der Waals surface area contributed by atoms with Crippen LogP contribution in [0.25, 0.3) is 0 Å². The Labute approximate surface area is 103 Å². The van der Waals surface area contributed by atoms with Crippen molar-refractivity contribution in [3.05, 3.63) is 34.9 Å². The molecule has 1 fully saturated rings. The topological polar surface area (TPSA) is 23.5 Å². The van der Waals surface area contributed by atoms with Crippen LogP contribution >= 0.6 is 0 Å². The molecule has 1 heterocycles. The maximum absolute atomic E-state index is 10.6. The number of aliphatic hydroxyl groups excluding tert-OH is 1. The molecule has 17 heavy (non-hydrogen) atoms. The third kappa shape index (κ3) is 1.47. The van der Waals surface area contributed by atoms with Gasteiger partial charge in [0, 0.05) is 11.5 Å². The summed E-state index contributed by atoms with van der Waals surface area (Å²) >= 11 is 0. The Hall–Kier alpha value is -0.860. The highest BCUT2D eigenvalue weighted by atomic mass is 16.3. The third-order valence-corrected chi connectivity index (χ3v) is 4.88. The summed E-state index contributed by atoms with van der Waals surface area (Å²) in [7, 11) is 2.13. The van der Waals surface area contributed by atoms with Gasteiger partial charge in [-0.1, -0.05) is 30.7 Å². The molecule has 1 aromatic rings. The van der Waals surface area contributed by atoms with E-state index in [9.17, 15) is 5.11 Å². The summed E-state index contributed by atoms with van der Waals surface area (Å²) in [5.74, 6) is 0. The number of benzene rings is 1. The smallest absolute Gasteiger partial charge is 0.0792 e. The van der Waals surface area contributed by atoms with Gasteiger partial charge in [0.05, 0.1) is 6.10 Å². The number of piperidine rings is 1. The molecule has 2 heteroatoms. The Morgan fingerprint density at radius 2 is 2.18 bits per heavy atom. The lowest BCUT2D eigenvalue weighted by molar-refractivity contribution is -0.0406. The summed E-state index contributed by atoms with van der Waals surface area (Å²) in [6, 6.07) is 7.01. The van der Waals surface area contributed by atoms with Crippen LogP contribution in [-0.2, 0) is 11.8 Å². The first-order chi connectivity index (χ1) is 8.02. The second-order valence-electron chi connectivity index (χ2n) is 6.02. The van der Waals surface area contributed by atoms with Gasteiger partial charge in [-0.2, -0.15) is 0 Å². The number of aryl methyl sites for hydroxylation is 1. The van der Waals surface area contributed by atoms with Gasteiger partial charge in [-0.05, 0) is 44.5 Å². The first-order valence-corrected chi connectivity index (χ1v) is 6.51. The maximum Gasteiger partial charge on any atom is 0.0792 e. The molecular formula is C15H21NO. The van der Waals surface area contributed by atoms with Gasteiger partial charge in [0.15, 0.2) is 0 Å². The molecule has 2 bridgehead atoms. The highest BCUT2D eigenvalue weighted by molar-refractivity contribution is 5.42. The molecule has 0 spiro atoms. The van der Waals surface area contributed by atoms with E-state index in [-0.39, 0.29) is 11.5 Å². The van der Waals surface area contributed by atoms with E-state index in [0.29, 0.717) is 6.04 Å². The number of aliphatic hydroxyl groups is 1. The van der Waals surface area contributed by atoms with Crippen LogP contribution in [0, 0.1) is 6.92 Å². The Morgan fingerprint density at radius 3 is 2.94 bits per heavy atom. The highest BCUT2D eigenvalue weighted by Crippen LogP contribution is 2.44. The molecule has 2 aliphatic rings. The Bertz CT molecular complexity index is 456. The lowest BCUT2D eigenvalue weighted by Crippen LogP contribution is -2.61. The first-order valence-electron chi connectivity index (χ1n) is 6.51. The van der Waals surface area contributed by atoms with Crippen molar-refractivity contribution in [3.8, 4) is 0 Å². The van der Waals surface area contributed by atoms with E-state index in [0.717, 1.165) is 19.4 Å². The van der Waals surface area contributed by atoms with Crippen LogP contribution in [0.1, 0.15) is 30.0 Å². The van der Waals surface area contributed by atoms with Crippen molar-refractivity contribution in [2.45, 2.75) is 44.2 Å². The van der Waals surface area contributed by atoms with Gasteiger partial charge in [0.25, 0.3) is 0 Å². The van der Waals surface area contributed by atoms with Gasteiger partial charge in [-0.25, -0.2) is 0 Å². The molecule has 2 nitrogen and oxygen atoms in total. The highest BCUT2D eigenvalue weighted by Gasteiger charge is 2.48. The second kappa shape index (κ2) is 3.56. The number of rotatable bonds is 0. The van der Waals surface area contributed by atoms with Gasteiger partial charge >= 0.3 is 0 Å². The quantitative estimate of drug-likeness (QED) is 0.737. The predicted octanol–water partition coefficient (Wildman–Crippen LogP) is 1.87. The van der Waals surface area contributed by atoms with Gasteiger partial charge in [-0.15, -0.1) is 0 Å². The fraction of sp³-hybridized carbons (Fsp3) is 0.600. The van der Waals surface area contributed by atoms with E-state index in [2.05, 4.69) is 44.0 Å². The molecule has 0 amide bonds. The van der Waals surface area contributed by atoms with Crippen LogP contribution in [0.4, 0.5) is 0 Å². The maximum atomic E-state index is 10.6. The van der Waals surface area contributed by atoms with Crippen LogP contribution in [-0.4, -0.2) is 35.7 Å². The summed E-state index contributed by atoms with van der Waals surface area (Å²) in [6.07, 6.45) is 1.82. The lowest BCUT2D eigenvalue weighted by atomic mass is 9.63. The van der Waals surface area contributed by atoms with Crippen molar-refractivity contribution in [3.63, 3.8) is 0 Å². The zero-order valence-corrected chi connectivity index (χ0v) is 10.9. The second-order valence-corrected chi connectivity index (χ2v) is 6.02. The lowest BCUT2D eigenvalue weighted by Gasteiger charge is -2.52. The van der Waals surface area contributed by atoms with Gasteiger partial charge < -0.3 is 10.0 Å². The van der Waals surface area contributed by atoms with Crippen LogP contribution in [0.5, 0.6) is 0 Å². The molecule has 1 saturated heterocycles. The van der Waals surface area contributed by atoms with E-state index < -0.39 is 0 Å². The average Bonchev–Trinajstić information content (AvgIpc) is 2.30. The fourth-order valence-corrected chi connectivity index (χ4v) is 3.57. The molecule has 0 radical (unpaired) electrons. The van der Waals surface area contributed by atoms with E-state index in [4.69, 9.17) is 0 Å². The molecular weight excluding hydrogens is 210 g/mol. The third-order valence-electron chi connectivity index (χ3n) is 4.88. The van der Waals surface area contributed by atoms with Crippen LogP contribution in [0.3, 0.4) is 0 Å². The summed E-state index contributed by atoms with van der Waals surface area (Å²) in [4.78, 5) is 2.31. The number of likely N-dealkylation sites (tertiary alicyclic amines) is 1. The zero-order valence-electron chi connectivity index (χ0n) is 10.9. The Kier molecular flexibility index (Phi) is 2.36. The molecule has 1 unspecified atom stereocenters. The number of fused-ring (bicyclic) bond motifs is 4. The normalized spacial score (nSPS) is 36.7. The summed E-state index contributed by atoms with van der Waals surface area (Å²) in [5, 5.41) is 10.6. The molecule has 1 aliphatic carbocycles. The first kappa shape index (κ1) is 11.2. The van der Waals surface area contributed by atoms with Crippen molar-refractivity contribution >= 4 is 0 Å². The molecule has 92 valence electrons. The van der Waals surface area contributed by atoms with Gasteiger partial charge in [0.1, 0.15) is 0 Å². The van der Waals surface area contributed by atoms with Crippen molar-refractivity contribution < 1.29 is 5.11 Å². The standard InChI is InChI=1S/C15H21NO/c1-10-4-5-11-9-13-14(17)15(2,12(11)8-10)6-7-16(13)3/h4-5,8,13-14,17H,6-7,9H2,1-3H3/t13-,14?,15+/m1/s1. The number of hydrogen-bond acceptors (Lipinski definition) is 2. The SMILES string of the molecule is Cc1ccc2c(c1)[C@]1(C)CCN(C)[C@H](C2)C1O.